The second-order valence-corrected chi connectivity index (χ2v) is 9.57. The Morgan fingerprint density at radius 3 is 2.26 bits per heavy atom. The average molecular weight is 479 g/mol. The summed E-state index contributed by atoms with van der Waals surface area (Å²) < 4.78 is 5.58. The van der Waals surface area contributed by atoms with Gasteiger partial charge in [0.15, 0.2) is 0 Å². The molecule has 7 heteroatoms. The molecular formula is C28H34N2O5. The van der Waals surface area contributed by atoms with Crippen LogP contribution in [0.15, 0.2) is 48.5 Å². The summed E-state index contributed by atoms with van der Waals surface area (Å²) in [5.41, 5.74) is 4.64. The van der Waals surface area contributed by atoms with Gasteiger partial charge in [0.05, 0.1) is 12.3 Å². The van der Waals surface area contributed by atoms with Crippen LogP contribution >= 0.6 is 0 Å². The highest BCUT2D eigenvalue weighted by Gasteiger charge is 2.31. The predicted molar refractivity (Wildman–Crippen MR) is 133 cm³/mol. The summed E-state index contributed by atoms with van der Waals surface area (Å²) in [5.74, 6) is -1.44. The monoisotopic (exact) mass is 478 g/mol. The number of rotatable bonds is 9. The first-order valence-corrected chi connectivity index (χ1v) is 12.6. The molecule has 0 aliphatic heterocycles. The van der Waals surface area contributed by atoms with E-state index in [1.807, 2.05) is 31.2 Å². The highest BCUT2D eigenvalue weighted by Crippen LogP contribution is 2.44. The van der Waals surface area contributed by atoms with Crippen LogP contribution in [0.25, 0.3) is 11.1 Å². The fraction of sp³-hybridized carbons (Fsp3) is 0.464. The number of ether oxygens (including phenoxy) is 1. The van der Waals surface area contributed by atoms with Crippen LogP contribution in [0.2, 0.25) is 0 Å². The van der Waals surface area contributed by atoms with Gasteiger partial charge in [0.1, 0.15) is 6.61 Å². The van der Waals surface area contributed by atoms with Crippen molar-refractivity contribution in [1.29, 1.82) is 0 Å². The zero-order valence-corrected chi connectivity index (χ0v) is 20.2. The van der Waals surface area contributed by atoms with Crippen molar-refractivity contribution in [3.63, 3.8) is 0 Å². The smallest absolute Gasteiger partial charge is 0.407 e. The molecule has 7 nitrogen and oxygen atoms in total. The highest BCUT2D eigenvalue weighted by molar-refractivity contribution is 5.80. The molecule has 3 N–H and O–H groups in total. The molecule has 1 saturated carbocycles. The maximum absolute atomic E-state index is 12.9. The second kappa shape index (κ2) is 11.4. The lowest BCUT2D eigenvalue weighted by atomic mass is 9.82. The molecule has 0 spiro atoms. The van der Waals surface area contributed by atoms with E-state index in [9.17, 15) is 19.5 Å². The molecule has 0 heterocycles. The molecule has 0 radical (unpaired) electrons. The van der Waals surface area contributed by atoms with E-state index >= 15 is 0 Å². The standard InChI is InChI=1S/C28H34N2O5/c1-2-18(27(33)30-25-14-8-3-9-19(25)15-26(31)32)16-29-28(34)35-17-24-22-12-6-4-10-20(22)21-11-5-7-13-23(21)24/h4-7,10-13,18-19,24-25H,2-3,8-9,14-17H2,1H3,(H,29,34)(H,30,33)(H,31,32). The van der Waals surface area contributed by atoms with E-state index in [-0.39, 0.29) is 43.4 Å². The van der Waals surface area contributed by atoms with Crippen LogP contribution in [0.4, 0.5) is 4.79 Å². The Morgan fingerprint density at radius 2 is 1.63 bits per heavy atom. The first-order valence-electron chi connectivity index (χ1n) is 12.6. The fourth-order valence-corrected chi connectivity index (χ4v) is 5.45. The molecule has 2 aromatic carbocycles. The van der Waals surface area contributed by atoms with Crippen LogP contribution in [-0.2, 0) is 14.3 Å². The van der Waals surface area contributed by atoms with Gasteiger partial charge < -0.3 is 20.5 Å². The molecule has 35 heavy (non-hydrogen) atoms. The summed E-state index contributed by atoms with van der Waals surface area (Å²) in [5, 5.41) is 15.0. The Kier molecular flexibility index (Phi) is 8.06. The predicted octanol–water partition coefficient (Wildman–Crippen LogP) is 4.70. The van der Waals surface area contributed by atoms with Crippen molar-refractivity contribution in [1.82, 2.24) is 10.6 Å². The molecule has 3 atom stereocenters. The normalized spacial score (nSPS) is 19.8. The molecule has 0 saturated heterocycles. The number of carbonyl (C=O) groups is 3. The van der Waals surface area contributed by atoms with Crippen LogP contribution in [-0.4, -0.2) is 42.3 Å². The minimum absolute atomic E-state index is 0.0177. The Balaban J connectivity index is 1.29. The molecule has 1 fully saturated rings. The van der Waals surface area contributed by atoms with Crippen molar-refractivity contribution < 1.29 is 24.2 Å². The maximum atomic E-state index is 12.9. The lowest BCUT2D eigenvalue weighted by Crippen LogP contribution is -2.47. The van der Waals surface area contributed by atoms with Crippen LogP contribution in [0.1, 0.15) is 62.5 Å². The zero-order chi connectivity index (χ0) is 24.8. The average Bonchev–Trinajstić information content (AvgIpc) is 3.18. The van der Waals surface area contributed by atoms with Crippen LogP contribution in [0.3, 0.4) is 0 Å². The molecule has 4 rings (SSSR count). The van der Waals surface area contributed by atoms with Gasteiger partial charge in [0.2, 0.25) is 5.91 Å². The Hall–Kier alpha value is -3.35. The van der Waals surface area contributed by atoms with Gasteiger partial charge in [-0.05, 0) is 47.4 Å². The van der Waals surface area contributed by atoms with Crippen molar-refractivity contribution in [3.05, 3.63) is 59.7 Å². The van der Waals surface area contributed by atoms with Gasteiger partial charge in [-0.15, -0.1) is 0 Å². The summed E-state index contributed by atoms with van der Waals surface area (Å²) >= 11 is 0. The number of hydrogen-bond donors (Lipinski definition) is 3. The van der Waals surface area contributed by atoms with Crippen molar-refractivity contribution in [2.24, 2.45) is 11.8 Å². The topological polar surface area (TPSA) is 105 Å². The second-order valence-electron chi connectivity index (χ2n) is 9.57. The van der Waals surface area contributed by atoms with Gasteiger partial charge in [-0.25, -0.2) is 4.79 Å². The van der Waals surface area contributed by atoms with E-state index in [0.717, 1.165) is 36.8 Å². The molecule has 2 amide bonds. The van der Waals surface area contributed by atoms with E-state index in [0.29, 0.717) is 6.42 Å². The van der Waals surface area contributed by atoms with Gasteiger partial charge in [-0.3, -0.25) is 9.59 Å². The number of aliphatic carboxylic acids is 1. The number of alkyl carbamates (subject to hydrolysis) is 1. The summed E-state index contributed by atoms with van der Waals surface area (Å²) in [6.07, 6.45) is 3.66. The Bertz CT molecular complexity index is 1020. The first kappa shape index (κ1) is 24.8. The third-order valence-corrected chi connectivity index (χ3v) is 7.37. The van der Waals surface area contributed by atoms with E-state index < -0.39 is 18.0 Å². The lowest BCUT2D eigenvalue weighted by Gasteiger charge is -2.32. The summed E-state index contributed by atoms with van der Waals surface area (Å²) in [6, 6.07) is 16.2. The quantitative estimate of drug-likeness (QED) is 0.485. The number of carbonyl (C=O) groups excluding carboxylic acids is 2. The van der Waals surface area contributed by atoms with Gasteiger partial charge >= 0.3 is 12.1 Å². The van der Waals surface area contributed by atoms with Crippen LogP contribution in [0, 0.1) is 11.8 Å². The highest BCUT2D eigenvalue weighted by atomic mass is 16.5. The largest absolute Gasteiger partial charge is 0.481 e. The fourth-order valence-electron chi connectivity index (χ4n) is 5.45. The van der Waals surface area contributed by atoms with Crippen molar-refractivity contribution >= 4 is 18.0 Å². The molecule has 2 aromatic rings. The molecule has 2 aliphatic carbocycles. The van der Waals surface area contributed by atoms with Crippen molar-refractivity contribution in [2.45, 2.75) is 57.4 Å². The number of nitrogens with one attached hydrogen (secondary N) is 2. The zero-order valence-electron chi connectivity index (χ0n) is 20.2. The molecular weight excluding hydrogens is 444 g/mol. The minimum Gasteiger partial charge on any atom is -0.481 e. The number of fused-ring (bicyclic) bond motifs is 3. The van der Waals surface area contributed by atoms with E-state index in [1.54, 1.807) is 0 Å². The number of benzene rings is 2. The molecule has 3 unspecified atom stereocenters. The number of carboxylic acids is 1. The van der Waals surface area contributed by atoms with Crippen LogP contribution < -0.4 is 10.6 Å². The number of hydrogen-bond acceptors (Lipinski definition) is 4. The van der Waals surface area contributed by atoms with Gasteiger partial charge in [-0.1, -0.05) is 68.3 Å². The maximum Gasteiger partial charge on any atom is 0.407 e. The summed E-state index contributed by atoms with van der Waals surface area (Å²) in [4.78, 5) is 36.6. The Morgan fingerprint density at radius 1 is 1.00 bits per heavy atom. The first-order chi connectivity index (χ1) is 17.0. The SMILES string of the molecule is CCC(CNC(=O)OCC1c2ccccc2-c2ccccc21)C(=O)NC1CCCCC1CC(=O)O. The van der Waals surface area contributed by atoms with E-state index in [4.69, 9.17) is 4.74 Å². The number of amides is 2. The number of carboxylic acid groups (broad SMARTS) is 1. The molecule has 186 valence electrons. The third kappa shape index (κ3) is 5.84. The summed E-state index contributed by atoms with van der Waals surface area (Å²) in [6.45, 7) is 2.30. The third-order valence-electron chi connectivity index (χ3n) is 7.37. The lowest BCUT2D eigenvalue weighted by molar-refractivity contribution is -0.139. The minimum atomic E-state index is -0.833. The van der Waals surface area contributed by atoms with Crippen molar-refractivity contribution in [2.75, 3.05) is 13.2 Å². The molecule has 0 aromatic heterocycles. The van der Waals surface area contributed by atoms with E-state index in [1.165, 1.54) is 11.1 Å². The molecule has 0 bridgehead atoms. The Labute approximate surface area is 206 Å². The van der Waals surface area contributed by atoms with E-state index in [2.05, 4.69) is 34.9 Å². The van der Waals surface area contributed by atoms with Gasteiger partial charge in [-0.2, -0.15) is 0 Å². The van der Waals surface area contributed by atoms with Crippen LogP contribution in [0.5, 0.6) is 0 Å². The van der Waals surface area contributed by atoms with Gasteiger partial charge in [0, 0.05) is 18.5 Å². The van der Waals surface area contributed by atoms with Crippen molar-refractivity contribution in [3.8, 4) is 11.1 Å². The van der Waals surface area contributed by atoms with Gasteiger partial charge in [0.25, 0.3) is 0 Å². The molecule has 2 aliphatic rings. The summed E-state index contributed by atoms with van der Waals surface area (Å²) in [7, 11) is 0.